The summed E-state index contributed by atoms with van der Waals surface area (Å²) in [4.78, 5) is 11.9. The maximum Gasteiger partial charge on any atom is 0.251 e. The molecule has 0 radical (unpaired) electrons. The van der Waals surface area contributed by atoms with Crippen molar-refractivity contribution >= 4 is 17.7 Å². The lowest BCUT2D eigenvalue weighted by Crippen LogP contribution is -2.26. The first-order valence-corrected chi connectivity index (χ1v) is 7.47. The van der Waals surface area contributed by atoms with E-state index in [0.717, 1.165) is 12.0 Å². The molecule has 1 atom stereocenters. The number of aliphatic hydroxyl groups excluding tert-OH is 1. The Morgan fingerprint density at radius 1 is 1.53 bits per heavy atom. The summed E-state index contributed by atoms with van der Waals surface area (Å²) in [7, 11) is 0. The van der Waals surface area contributed by atoms with Crippen LogP contribution in [-0.4, -0.2) is 35.7 Å². The van der Waals surface area contributed by atoms with Gasteiger partial charge in [0.1, 0.15) is 6.61 Å². The standard InChI is InChI=1S/C15H19NO2S/c1-12(19-2)8-9-16-15(18)14-7-3-5-13(11-14)6-4-10-17/h3,5,7,11-12,17H,8-10H2,1-2H3,(H,16,18). The lowest BCUT2D eigenvalue weighted by Gasteiger charge is -2.09. The van der Waals surface area contributed by atoms with Crippen LogP contribution in [0.1, 0.15) is 29.3 Å². The molecule has 1 amide bonds. The number of hydrogen-bond donors (Lipinski definition) is 2. The average Bonchev–Trinajstić information content (AvgIpc) is 2.45. The number of hydrogen-bond acceptors (Lipinski definition) is 3. The highest BCUT2D eigenvalue weighted by atomic mass is 32.2. The van der Waals surface area contributed by atoms with E-state index < -0.39 is 0 Å². The van der Waals surface area contributed by atoms with Crippen molar-refractivity contribution in [3.05, 3.63) is 35.4 Å². The van der Waals surface area contributed by atoms with E-state index in [-0.39, 0.29) is 12.5 Å². The molecule has 0 spiro atoms. The fraction of sp³-hybridized carbons (Fsp3) is 0.400. The SMILES string of the molecule is CSC(C)CCNC(=O)c1cccc(C#CCO)c1. The number of carbonyl (C=O) groups excluding carboxylic acids is 1. The van der Waals surface area contributed by atoms with Crippen molar-refractivity contribution in [1.29, 1.82) is 0 Å². The largest absolute Gasteiger partial charge is 0.384 e. The topological polar surface area (TPSA) is 49.3 Å². The molecule has 0 bridgehead atoms. The predicted molar refractivity (Wildman–Crippen MR) is 80.3 cm³/mol. The first-order valence-electron chi connectivity index (χ1n) is 6.18. The van der Waals surface area contributed by atoms with Gasteiger partial charge in [-0.1, -0.05) is 24.8 Å². The minimum atomic E-state index is -0.178. The maximum absolute atomic E-state index is 11.9. The van der Waals surface area contributed by atoms with Crippen molar-refractivity contribution in [2.45, 2.75) is 18.6 Å². The third-order valence-corrected chi connectivity index (χ3v) is 3.72. The Hall–Kier alpha value is -1.44. The second kappa shape index (κ2) is 8.63. The van der Waals surface area contributed by atoms with Gasteiger partial charge in [-0.15, -0.1) is 0 Å². The molecule has 0 aliphatic heterocycles. The highest BCUT2D eigenvalue weighted by Crippen LogP contribution is 2.08. The molecule has 102 valence electrons. The molecule has 0 aliphatic carbocycles. The molecule has 1 aromatic carbocycles. The number of thioether (sulfide) groups is 1. The van der Waals surface area contributed by atoms with E-state index in [0.29, 0.717) is 17.4 Å². The summed E-state index contributed by atoms with van der Waals surface area (Å²) in [6.45, 7) is 2.64. The number of benzene rings is 1. The average molecular weight is 277 g/mol. The van der Waals surface area contributed by atoms with Crippen LogP contribution >= 0.6 is 11.8 Å². The zero-order valence-corrected chi connectivity index (χ0v) is 12.1. The Morgan fingerprint density at radius 3 is 3.00 bits per heavy atom. The van der Waals surface area contributed by atoms with Gasteiger partial charge in [0.15, 0.2) is 0 Å². The van der Waals surface area contributed by atoms with Crippen LogP contribution in [0.15, 0.2) is 24.3 Å². The Kier molecular flexibility index (Phi) is 7.09. The van der Waals surface area contributed by atoms with Crippen molar-refractivity contribution < 1.29 is 9.90 Å². The van der Waals surface area contributed by atoms with Crippen molar-refractivity contribution in [2.24, 2.45) is 0 Å². The lowest BCUT2D eigenvalue weighted by atomic mass is 10.1. The van der Waals surface area contributed by atoms with E-state index >= 15 is 0 Å². The Labute approximate surface area is 118 Å². The molecule has 1 rings (SSSR count). The normalized spacial score (nSPS) is 11.3. The van der Waals surface area contributed by atoms with E-state index in [1.54, 1.807) is 30.0 Å². The van der Waals surface area contributed by atoms with Crippen LogP contribution in [0.4, 0.5) is 0 Å². The molecule has 19 heavy (non-hydrogen) atoms. The molecule has 0 aliphatic rings. The molecular formula is C15H19NO2S. The molecule has 2 N–H and O–H groups in total. The number of nitrogens with one attached hydrogen (secondary N) is 1. The molecule has 0 fully saturated rings. The van der Waals surface area contributed by atoms with Gasteiger partial charge in [-0.25, -0.2) is 0 Å². The van der Waals surface area contributed by atoms with Crippen molar-refractivity contribution in [3.63, 3.8) is 0 Å². The molecule has 0 heterocycles. The smallest absolute Gasteiger partial charge is 0.251 e. The van der Waals surface area contributed by atoms with Crippen LogP contribution < -0.4 is 5.32 Å². The molecule has 0 saturated heterocycles. The van der Waals surface area contributed by atoms with Crippen LogP contribution in [0.25, 0.3) is 0 Å². The summed E-state index contributed by atoms with van der Waals surface area (Å²) in [5, 5.41) is 12.1. The van der Waals surface area contributed by atoms with Crippen LogP contribution in [0.5, 0.6) is 0 Å². The van der Waals surface area contributed by atoms with Crippen LogP contribution in [-0.2, 0) is 0 Å². The predicted octanol–water partition coefficient (Wildman–Crippen LogP) is 1.90. The van der Waals surface area contributed by atoms with E-state index in [1.807, 2.05) is 6.07 Å². The van der Waals surface area contributed by atoms with Gasteiger partial charge < -0.3 is 10.4 Å². The van der Waals surface area contributed by atoms with Gasteiger partial charge in [0.05, 0.1) is 0 Å². The molecule has 0 saturated carbocycles. The lowest BCUT2D eigenvalue weighted by molar-refractivity contribution is 0.0953. The van der Waals surface area contributed by atoms with Gasteiger partial charge in [-0.05, 0) is 30.9 Å². The van der Waals surface area contributed by atoms with Crippen LogP contribution in [0.3, 0.4) is 0 Å². The minimum Gasteiger partial charge on any atom is -0.384 e. The maximum atomic E-state index is 11.9. The molecule has 1 unspecified atom stereocenters. The summed E-state index contributed by atoms with van der Waals surface area (Å²) < 4.78 is 0. The Bertz CT molecular complexity index is 477. The quantitative estimate of drug-likeness (QED) is 0.808. The zero-order valence-electron chi connectivity index (χ0n) is 11.3. The van der Waals surface area contributed by atoms with E-state index in [2.05, 4.69) is 30.3 Å². The summed E-state index contributed by atoms with van der Waals surface area (Å²) in [5.74, 6) is 5.27. The number of rotatable bonds is 5. The van der Waals surface area contributed by atoms with Gasteiger partial charge in [0.25, 0.3) is 5.91 Å². The molecule has 1 aromatic rings. The molecule has 0 aromatic heterocycles. The number of amides is 1. The minimum absolute atomic E-state index is 0.0825. The van der Waals surface area contributed by atoms with Gasteiger partial charge in [-0.2, -0.15) is 11.8 Å². The second-order valence-corrected chi connectivity index (χ2v) is 5.41. The van der Waals surface area contributed by atoms with Gasteiger partial charge in [0.2, 0.25) is 0 Å². The Balaban J connectivity index is 2.57. The van der Waals surface area contributed by atoms with Crippen LogP contribution in [0.2, 0.25) is 0 Å². The van der Waals surface area contributed by atoms with E-state index in [1.165, 1.54) is 0 Å². The molecule has 4 heteroatoms. The monoisotopic (exact) mass is 277 g/mol. The fourth-order valence-corrected chi connectivity index (χ4v) is 1.84. The van der Waals surface area contributed by atoms with Crippen molar-refractivity contribution in [3.8, 4) is 11.8 Å². The Morgan fingerprint density at radius 2 is 2.32 bits per heavy atom. The van der Waals surface area contributed by atoms with Crippen LogP contribution in [0, 0.1) is 11.8 Å². The summed E-state index contributed by atoms with van der Waals surface area (Å²) in [5.41, 5.74) is 1.33. The summed E-state index contributed by atoms with van der Waals surface area (Å²) in [6, 6.07) is 7.10. The van der Waals surface area contributed by atoms with Crippen molar-refractivity contribution in [1.82, 2.24) is 5.32 Å². The first-order chi connectivity index (χ1) is 9.17. The van der Waals surface area contributed by atoms with Gasteiger partial charge >= 0.3 is 0 Å². The van der Waals surface area contributed by atoms with Gasteiger partial charge in [-0.3, -0.25) is 4.79 Å². The van der Waals surface area contributed by atoms with Gasteiger partial charge in [0, 0.05) is 22.9 Å². The summed E-state index contributed by atoms with van der Waals surface area (Å²) >= 11 is 1.79. The third-order valence-electron chi connectivity index (χ3n) is 2.68. The zero-order chi connectivity index (χ0) is 14.1. The third kappa shape index (κ3) is 5.82. The molecular weight excluding hydrogens is 258 g/mol. The van der Waals surface area contributed by atoms with Crippen molar-refractivity contribution in [2.75, 3.05) is 19.4 Å². The van der Waals surface area contributed by atoms with E-state index in [9.17, 15) is 4.79 Å². The summed E-state index contributed by atoms with van der Waals surface area (Å²) in [6.07, 6.45) is 3.02. The first kappa shape index (κ1) is 15.6. The molecule has 3 nitrogen and oxygen atoms in total. The second-order valence-electron chi connectivity index (χ2n) is 4.13. The number of carbonyl (C=O) groups is 1. The highest BCUT2D eigenvalue weighted by Gasteiger charge is 2.06. The highest BCUT2D eigenvalue weighted by molar-refractivity contribution is 7.99. The number of aliphatic hydroxyl groups is 1. The van der Waals surface area contributed by atoms with E-state index in [4.69, 9.17) is 5.11 Å². The fourth-order valence-electron chi connectivity index (χ4n) is 1.49.